The summed E-state index contributed by atoms with van der Waals surface area (Å²) in [4.78, 5) is 26.7. The minimum Gasteiger partial charge on any atom is -0.465 e. The molecule has 1 aromatic heterocycles. The average molecular weight is 329 g/mol. The highest BCUT2D eigenvalue weighted by molar-refractivity contribution is 5.89. The van der Waals surface area contributed by atoms with Crippen molar-refractivity contribution in [3.8, 4) is 0 Å². The zero-order valence-electron chi connectivity index (χ0n) is 14.7. The molecule has 2 rings (SSSR count). The number of rotatable bonds is 6. The summed E-state index contributed by atoms with van der Waals surface area (Å²) in [6.07, 6.45) is 0. The molecule has 128 valence electrons. The van der Waals surface area contributed by atoms with E-state index in [1.54, 1.807) is 12.1 Å². The summed E-state index contributed by atoms with van der Waals surface area (Å²) < 4.78 is 4.74. The number of methoxy groups -OCH3 is 1. The molecular weight excluding hydrogens is 306 g/mol. The van der Waals surface area contributed by atoms with Crippen LogP contribution in [-0.4, -0.2) is 42.1 Å². The Morgan fingerprint density at radius 3 is 2.62 bits per heavy atom. The lowest BCUT2D eigenvalue weighted by Gasteiger charge is -2.15. The third-order valence-corrected chi connectivity index (χ3v) is 3.36. The molecule has 0 unspecified atom stereocenters. The SMILES string of the molecule is COC(=O)c1cccc(CNc2nc(C(C)C)nc(N(C)C)n2)c1. The predicted molar refractivity (Wildman–Crippen MR) is 93.4 cm³/mol. The van der Waals surface area contributed by atoms with Gasteiger partial charge in [-0.3, -0.25) is 0 Å². The Hall–Kier alpha value is -2.70. The fraction of sp³-hybridized carbons (Fsp3) is 0.412. The average Bonchev–Trinajstić information content (AvgIpc) is 2.59. The molecule has 0 aliphatic heterocycles. The molecule has 7 nitrogen and oxygen atoms in total. The zero-order valence-corrected chi connectivity index (χ0v) is 14.7. The predicted octanol–water partition coefficient (Wildman–Crippen LogP) is 2.46. The first-order valence-electron chi connectivity index (χ1n) is 7.75. The van der Waals surface area contributed by atoms with Crippen LogP contribution in [0.5, 0.6) is 0 Å². The van der Waals surface area contributed by atoms with Crippen molar-refractivity contribution >= 4 is 17.9 Å². The van der Waals surface area contributed by atoms with Gasteiger partial charge in [0.05, 0.1) is 12.7 Å². The number of nitrogens with one attached hydrogen (secondary N) is 1. The summed E-state index contributed by atoms with van der Waals surface area (Å²) in [5, 5.41) is 3.19. The van der Waals surface area contributed by atoms with Gasteiger partial charge in [-0.1, -0.05) is 26.0 Å². The molecule has 0 aliphatic carbocycles. The highest BCUT2D eigenvalue weighted by atomic mass is 16.5. The Balaban J connectivity index is 2.18. The Morgan fingerprint density at radius 2 is 2.00 bits per heavy atom. The van der Waals surface area contributed by atoms with Gasteiger partial charge in [-0.05, 0) is 17.7 Å². The fourth-order valence-corrected chi connectivity index (χ4v) is 2.03. The fourth-order valence-electron chi connectivity index (χ4n) is 2.03. The number of ether oxygens (including phenoxy) is 1. The molecule has 0 atom stereocenters. The van der Waals surface area contributed by atoms with Crippen LogP contribution in [0, 0.1) is 0 Å². The van der Waals surface area contributed by atoms with E-state index in [4.69, 9.17) is 4.74 Å². The van der Waals surface area contributed by atoms with Gasteiger partial charge in [-0.15, -0.1) is 0 Å². The maximum Gasteiger partial charge on any atom is 0.337 e. The van der Waals surface area contributed by atoms with Gasteiger partial charge in [0.1, 0.15) is 5.82 Å². The number of aromatic nitrogens is 3. The highest BCUT2D eigenvalue weighted by Crippen LogP contribution is 2.16. The van der Waals surface area contributed by atoms with E-state index in [0.29, 0.717) is 24.0 Å². The normalized spacial score (nSPS) is 10.6. The summed E-state index contributed by atoms with van der Waals surface area (Å²) in [6.45, 7) is 4.58. The molecule has 1 heterocycles. The summed E-state index contributed by atoms with van der Waals surface area (Å²) in [5.74, 6) is 1.71. The molecule has 0 bridgehead atoms. The van der Waals surface area contributed by atoms with Crippen LogP contribution in [0.4, 0.5) is 11.9 Å². The van der Waals surface area contributed by atoms with E-state index in [1.165, 1.54) is 7.11 Å². The van der Waals surface area contributed by atoms with Crippen LogP contribution >= 0.6 is 0 Å². The molecule has 0 radical (unpaired) electrons. The third-order valence-electron chi connectivity index (χ3n) is 3.36. The van der Waals surface area contributed by atoms with Gasteiger partial charge in [-0.25, -0.2) is 4.79 Å². The number of hydrogen-bond acceptors (Lipinski definition) is 7. The quantitative estimate of drug-likeness (QED) is 0.815. The maximum atomic E-state index is 11.6. The largest absolute Gasteiger partial charge is 0.465 e. The van der Waals surface area contributed by atoms with Crippen LogP contribution in [0.3, 0.4) is 0 Å². The van der Waals surface area contributed by atoms with Crippen LogP contribution in [0.15, 0.2) is 24.3 Å². The zero-order chi connectivity index (χ0) is 17.7. The smallest absolute Gasteiger partial charge is 0.337 e. The molecule has 0 saturated carbocycles. The van der Waals surface area contributed by atoms with Crippen molar-refractivity contribution in [2.24, 2.45) is 0 Å². The summed E-state index contributed by atoms with van der Waals surface area (Å²) in [5.41, 5.74) is 1.46. The molecular formula is C17H23N5O2. The summed E-state index contributed by atoms with van der Waals surface area (Å²) in [6, 6.07) is 7.26. The molecule has 0 fully saturated rings. The van der Waals surface area contributed by atoms with Crippen molar-refractivity contribution in [3.63, 3.8) is 0 Å². The van der Waals surface area contributed by atoms with Crippen molar-refractivity contribution in [2.75, 3.05) is 31.4 Å². The first-order valence-corrected chi connectivity index (χ1v) is 7.75. The van der Waals surface area contributed by atoms with Gasteiger partial charge in [0, 0.05) is 26.6 Å². The number of benzene rings is 1. The van der Waals surface area contributed by atoms with Gasteiger partial charge < -0.3 is 15.0 Å². The van der Waals surface area contributed by atoms with Crippen molar-refractivity contribution in [3.05, 3.63) is 41.2 Å². The van der Waals surface area contributed by atoms with E-state index < -0.39 is 0 Å². The monoisotopic (exact) mass is 329 g/mol. The van der Waals surface area contributed by atoms with Crippen LogP contribution in [0.25, 0.3) is 0 Å². The lowest BCUT2D eigenvalue weighted by molar-refractivity contribution is 0.0600. The first kappa shape index (κ1) is 17.7. The second-order valence-electron chi connectivity index (χ2n) is 5.91. The lowest BCUT2D eigenvalue weighted by atomic mass is 10.1. The van der Waals surface area contributed by atoms with E-state index >= 15 is 0 Å². The minimum absolute atomic E-state index is 0.204. The summed E-state index contributed by atoms with van der Waals surface area (Å²) in [7, 11) is 5.15. The molecule has 2 aromatic rings. The number of carbonyl (C=O) groups excluding carboxylic acids is 1. The van der Waals surface area contributed by atoms with Crippen molar-refractivity contribution in [1.82, 2.24) is 15.0 Å². The van der Waals surface area contributed by atoms with Crippen LogP contribution in [0.1, 0.15) is 41.5 Å². The first-order chi connectivity index (χ1) is 11.4. The molecule has 0 aliphatic rings. The Bertz CT molecular complexity index is 690. The standard InChI is InChI=1S/C17H23N5O2/c1-11(2)14-19-16(21-17(20-14)22(3)4)18-10-12-7-6-8-13(9-12)15(23)24-5/h6-9,11H,10H2,1-5H3,(H,18,19,20,21). The van der Waals surface area contributed by atoms with Gasteiger partial charge in [-0.2, -0.15) is 15.0 Å². The molecule has 0 amide bonds. The number of carbonyl (C=O) groups is 1. The number of esters is 1. The van der Waals surface area contributed by atoms with Crippen molar-refractivity contribution < 1.29 is 9.53 Å². The topological polar surface area (TPSA) is 80.2 Å². The van der Waals surface area contributed by atoms with Gasteiger partial charge in [0.25, 0.3) is 0 Å². The summed E-state index contributed by atoms with van der Waals surface area (Å²) >= 11 is 0. The van der Waals surface area contributed by atoms with Crippen LogP contribution in [0.2, 0.25) is 0 Å². The van der Waals surface area contributed by atoms with E-state index in [9.17, 15) is 4.79 Å². The van der Waals surface area contributed by atoms with Crippen molar-refractivity contribution in [2.45, 2.75) is 26.3 Å². The van der Waals surface area contributed by atoms with E-state index in [2.05, 4.69) is 20.3 Å². The molecule has 0 spiro atoms. The molecule has 0 saturated heterocycles. The Labute approximate surface area is 142 Å². The Morgan fingerprint density at radius 1 is 1.25 bits per heavy atom. The van der Waals surface area contributed by atoms with Crippen molar-refractivity contribution in [1.29, 1.82) is 0 Å². The second-order valence-corrected chi connectivity index (χ2v) is 5.91. The van der Waals surface area contributed by atoms with E-state index in [-0.39, 0.29) is 11.9 Å². The van der Waals surface area contributed by atoms with Gasteiger partial charge >= 0.3 is 5.97 Å². The highest BCUT2D eigenvalue weighted by Gasteiger charge is 2.11. The number of nitrogens with zero attached hydrogens (tertiary/aromatic N) is 4. The number of hydrogen-bond donors (Lipinski definition) is 1. The van der Waals surface area contributed by atoms with E-state index in [1.807, 2.05) is 45.0 Å². The molecule has 1 N–H and O–H groups in total. The van der Waals surface area contributed by atoms with Crippen LogP contribution in [-0.2, 0) is 11.3 Å². The van der Waals surface area contributed by atoms with Gasteiger partial charge in [0.15, 0.2) is 0 Å². The number of anilines is 2. The molecule has 1 aromatic carbocycles. The van der Waals surface area contributed by atoms with Crippen LogP contribution < -0.4 is 10.2 Å². The minimum atomic E-state index is -0.353. The molecule has 7 heteroatoms. The maximum absolute atomic E-state index is 11.6. The van der Waals surface area contributed by atoms with Gasteiger partial charge in [0.2, 0.25) is 11.9 Å². The lowest BCUT2D eigenvalue weighted by Crippen LogP contribution is -2.17. The Kier molecular flexibility index (Phi) is 5.68. The second kappa shape index (κ2) is 7.72. The van der Waals surface area contributed by atoms with E-state index in [0.717, 1.165) is 11.4 Å². The molecule has 24 heavy (non-hydrogen) atoms. The third kappa shape index (κ3) is 4.41.